The number of imidazole rings is 1. The Hall–Kier alpha value is -2.60. The van der Waals surface area contributed by atoms with Crippen molar-refractivity contribution in [3.05, 3.63) is 69.1 Å². The summed E-state index contributed by atoms with van der Waals surface area (Å²) in [5, 5.41) is 6.37. The van der Waals surface area contributed by atoms with Crippen LogP contribution in [0.25, 0.3) is 5.69 Å². The number of hydrogen-bond donors (Lipinski definition) is 1. The van der Waals surface area contributed by atoms with Crippen molar-refractivity contribution in [2.75, 3.05) is 11.4 Å². The zero-order chi connectivity index (χ0) is 16.7. The lowest BCUT2D eigenvalue weighted by Crippen LogP contribution is -2.32. The summed E-state index contributed by atoms with van der Waals surface area (Å²) in [7, 11) is 0. The number of halogens is 1. The highest BCUT2D eigenvalue weighted by atomic mass is 35.5. The molecule has 7 heteroatoms. The van der Waals surface area contributed by atoms with Crippen molar-refractivity contribution in [2.45, 2.75) is 19.9 Å². The van der Waals surface area contributed by atoms with E-state index >= 15 is 0 Å². The molecule has 4 rings (SSSR count). The highest BCUT2D eigenvalue weighted by Gasteiger charge is 2.24. The molecule has 0 bridgehead atoms. The minimum atomic E-state index is -0.370. The van der Waals surface area contributed by atoms with E-state index in [1.54, 1.807) is 6.20 Å². The molecule has 0 fully saturated rings. The van der Waals surface area contributed by atoms with Crippen molar-refractivity contribution in [1.82, 2.24) is 19.7 Å². The van der Waals surface area contributed by atoms with Crippen molar-refractivity contribution in [3.63, 3.8) is 0 Å². The smallest absolute Gasteiger partial charge is 0.285 e. The van der Waals surface area contributed by atoms with Crippen LogP contribution in [0.3, 0.4) is 0 Å². The average molecular weight is 342 g/mol. The van der Waals surface area contributed by atoms with E-state index in [-0.39, 0.29) is 10.6 Å². The monoisotopic (exact) mass is 341 g/mol. The molecule has 1 N–H and O–H groups in total. The van der Waals surface area contributed by atoms with Gasteiger partial charge in [0.25, 0.3) is 5.56 Å². The number of fused-ring (bicyclic) bond motifs is 1. The van der Waals surface area contributed by atoms with Gasteiger partial charge in [0, 0.05) is 24.3 Å². The van der Waals surface area contributed by atoms with Gasteiger partial charge < -0.3 is 9.47 Å². The molecule has 3 heterocycles. The molecule has 1 aromatic carbocycles. The number of nitrogens with one attached hydrogen (secondary N) is 1. The van der Waals surface area contributed by atoms with Crippen molar-refractivity contribution in [2.24, 2.45) is 0 Å². The van der Waals surface area contributed by atoms with E-state index in [1.165, 1.54) is 11.3 Å². The number of nitrogens with zero attached hydrogens (tertiary/aromatic N) is 4. The molecular formula is C17H16ClN5O. The van der Waals surface area contributed by atoms with Crippen molar-refractivity contribution < 1.29 is 0 Å². The molecule has 0 amide bonds. The van der Waals surface area contributed by atoms with E-state index in [2.05, 4.69) is 44.9 Å². The zero-order valence-electron chi connectivity index (χ0n) is 13.2. The van der Waals surface area contributed by atoms with Crippen LogP contribution in [0, 0.1) is 6.92 Å². The molecule has 122 valence electrons. The summed E-state index contributed by atoms with van der Waals surface area (Å²) in [6, 6.07) is 8.36. The molecular weight excluding hydrogens is 326 g/mol. The molecule has 24 heavy (non-hydrogen) atoms. The second kappa shape index (κ2) is 5.79. The molecule has 0 aliphatic carbocycles. The van der Waals surface area contributed by atoms with Crippen LogP contribution in [0.2, 0.25) is 5.02 Å². The van der Waals surface area contributed by atoms with E-state index in [0.717, 1.165) is 24.3 Å². The van der Waals surface area contributed by atoms with Crippen LogP contribution in [-0.4, -0.2) is 26.3 Å². The van der Waals surface area contributed by atoms with Gasteiger partial charge in [-0.15, -0.1) is 0 Å². The van der Waals surface area contributed by atoms with Crippen LogP contribution in [0.1, 0.15) is 17.0 Å². The maximum absolute atomic E-state index is 11.7. The minimum absolute atomic E-state index is 0.173. The van der Waals surface area contributed by atoms with Gasteiger partial charge in [-0.1, -0.05) is 23.7 Å². The van der Waals surface area contributed by atoms with Gasteiger partial charge in [0.2, 0.25) is 0 Å². The second-order valence-electron chi connectivity index (χ2n) is 5.92. The molecule has 0 saturated heterocycles. The van der Waals surface area contributed by atoms with Gasteiger partial charge in [-0.2, -0.15) is 5.10 Å². The Morgan fingerprint density at radius 2 is 2.21 bits per heavy atom. The van der Waals surface area contributed by atoms with Gasteiger partial charge in [-0.25, -0.2) is 10.1 Å². The minimum Gasteiger partial charge on any atom is -0.362 e. The largest absolute Gasteiger partial charge is 0.362 e. The number of H-pyrrole nitrogens is 1. The van der Waals surface area contributed by atoms with Crippen molar-refractivity contribution >= 4 is 17.3 Å². The maximum Gasteiger partial charge on any atom is 0.285 e. The number of aromatic nitrogens is 4. The summed E-state index contributed by atoms with van der Waals surface area (Å²) in [5.41, 5.74) is 4.81. The number of anilines is 1. The molecule has 0 atom stereocenters. The first-order chi connectivity index (χ1) is 11.6. The first kappa shape index (κ1) is 15.0. The second-order valence-corrected chi connectivity index (χ2v) is 6.29. The lowest BCUT2D eigenvalue weighted by Gasteiger charge is -2.29. The Labute approximate surface area is 143 Å². The fourth-order valence-corrected chi connectivity index (χ4v) is 3.32. The van der Waals surface area contributed by atoms with Gasteiger partial charge in [0.05, 0.1) is 30.5 Å². The molecule has 6 nitrogen and oxygen atoms in total. The van der Waals surface area contributed by atoms with Gasteiger partial charge in [0.1, 0.15) is 5.02 Å². The third kappa shape index (κ3) is 2.49. The summed E-state index contributed by atoms with van der Waals surface area (Å²) in [6.45, 7) is 3.45. The molecule has 0 saturated carbocycles. The van der Waals surface area contributed by atoms with E-state index in [0.29, 0.717) is 12.2 Å². The number of benzene rings is 1. The molecule has 1 aliphatic heterocycles. The normalized spacial score (nSPS) is 13.8. The SMILES string of the molecule is Cc1cccc(-n2cnc3c2CCN(c2cn[nH]c(=O)c2Cl)C3)c1. The van der Waals surface area contributed by atoms with Gasteiger partial charge in [0.15, 0.2) is 0 Å². The Kier molecular flexibility index (Phi) is 3.61. The van der Waals surface area contributed by atoms with Crippen LogP contribution in [0.5, 0.6) is 0 Å². The number of aromatic amines is 1. The summed E-state index contributed by atoms with van der Waals surface area (Å²) < 4.78 is 2.14. The Bertz CT molecular complexity index is 962. The molecule has 0 spiro atoms. The van der Waals surface area contributed by atoms with Gasteiger partial charge >= 0.3 is 0 Å². The van der Waals surface area contributed by atoms with Crippen molar-refractivity contribution in [3.8, 4) is 5.69 Å². The van der Waals surface area contributed by atoms with Gasteiger partial charge in [-0.3, -0.25) is 4.79 Å². The molecule has 3 aromatic rings. The summed E-state index contributed by atoms with van der Waals surface area (Å²) >= 11 is 6.12. The Morgan fingerprint density at radius 3 is 3.04 bits per heavy atom. The lowest BCUT2D eigenvalue weighted by atomic mass is 10.1. The first-order valence-electron chi connectivity index (χ1n) is 7.74. The van der Waals surface area contributed by atoms with E-state index in [9.17, 15) is 4.79 Å². The van der Waals surface area contributed by atoms with Crippen LogP contribution in [0.15, 0.2) is 41.6 Å². The van der Waals surface area contributed by atoms with E-state index < -0.39 is 0 Å². The van der Waals surface area contributed by atoms with E-state index in [1.807, 2.05) is 17.3 Å². The fraction of sp³-hybridized carbons (Fsp3) is 0.235. The zero-order valence-corrected chi connectivity index (χ0v) is 13.9. The number of rotatable bonds is 2. The summed E-state index contributed by atoms with van der Waals surface area (Å²) in [5.74, 6) is 0. The predicted octanol–water partition coefficient (Wildman–Crippen LogP) is 2.48. The standard InChI is InChI=1S/C17H16ClN5O/c1-11-3-2-4-12(7-11)23-10-19-13-9-22(6-5-14(13)23)15-8-20-21-17(24)16(15)18/h2-4,7-8,10H,5-6,9H2,1H3,(H,21,24). The van der Waals surface area contributed by atoms with Crippen LogP contribution in [0.4, 0.5) is 5.69 Å². The lowest BCUT2D eigenvalue weighted by molar-refractivity contribution is 0.695. The molecule has 1 aliphatic rings. The predicted molar refractivity (Wildman–Crippen MR) is 92.9 cm³/mol. The van der Waals surface area contributed by atoms with Crippen LogP contribution in [-0.2, 0) is 13.0 Å². The Morgan fingerprint density at radius 1 is 1.33 bits per heavy atom. The highest BCUT2D eigenvalue weighted by molar-refractivity contribution is 6.32. The average Bonchev–Trinajstić information content (AvgIpc) is 3.00. The fourth-order valence-electron chi connectivity index (χ4n) is 3.11. The first-order valence-corrected chi connectivity index (χ1v) is 8.11. The molecule has 0 radical (unpaired) electrons. The summed E-state index contributed by atoms with van der Waals surface area (Å²) in [6.07, 6.45) is 4.28. The highest BCUT2D eigenvalue weighted by Crippen LogP contribution is 2.28. The third-order valence-electron chi connectivity index (χ3n) is 4.31. The summed E-state index contributed by atoms with van der Waals surface area (Å²) in [4.78, 5) is 18.3. The number of hydrogen-bond acceptors (Lipinski definition) is 4. The van der Waals surface area contributed by atoms with Crippen LogP contribution >= 0.6 is 11.6 Å². The quantitative estimate of drug-likeness (QED) is 0.777. The van der Waals surface area contributed by atoms with E-state index in [4.69, 9.17) is 11.6 Å². The Balaban J connectivity index is 1.68. The van der Waals surface area contributed by atoms with Crippen LogP contribution < -0.4 is 10.5 Å². The number of aryl methyl sites for hydroxylation is 1. The molecule has 2 aromatic heterocycles. The topological polar surface area (TPSA) is 66.8 Å². The third-order valence-corrected chi connectivity index (χ3v) is 4.68. The van der Waals surface area contributed by atoms with Crippen molar-refractivity contribution in [1.29, 1.82) is 0 Å². The molecule has 0 unspecified atom stereocenters. The van der Waals surface area contributed by atoms with Gasteiger partial charge in [-0.05, 0) is 24.6 Å². The maximum atomic E-state index is 11.7.